The molecule has 7 heteroatoms. The summed E-state index contributed by atoms with van der Waals surface area (Å²) in [5, 5.41) is 9.04. The molecular weight excluding hydrogens is 390 g/mol. The van der Waals surface area contributed by atoms with E-state index in [1.165, 1.54) is 0 Å². The van der Waals surface area contributed by atoms with Crippen LogP contribution in [0.3, 0.4) is 0 Å². The Morgan fingerprint density at radius 2 is 1.96 bits per heavy atom. The second-order valence-corrected chi connectivity index (χ2v) is 8.00. The van der Waals surface area contributed by atoms with Crippen LogP contribution in [-0.2, 0) is 0 Å². The Balaban J connectivity index is 2.16. The number of methoxy groups -OCH3 is 2. The average molecular weight is 414 g/mol. The van der Waals surface area contributed by atoms with E-state index in [1.54, 1.807) is 36.9 Å². The molecule has 28 heavy (non-hydrogen) atoms. The molecule has 3 aromatic rings. The van der Waals surface area contributed by atoms with Crippen molar-refractivity contribution in [1.29, 1.82) is 0 Å². The van der Waals surface area contributed by atoms with Crippen LogP contribution in [-0.4, -0.2) is 31.2 Å². The van der Waals surface area contributed by atoms with Crippen LogP contribution in [0.2, 0.25) is 0 Å². The zero-order chi connectivity index (χ0) is 20.1. The zero-order valence-electron chi connectivity index (χ0n) is 16.4. The first-order valence-corrected chi connectivity index (χ1v) is 10.5. The van der Waals surface area contributed by atoms with Gasteiger partial charge in [0.15, 0.2) is 0 Å². The second kappa shape index (κ2) is 9.03. The Labute approximate surface area is 172 Å². The first-order chi connectivity index (χ1) is 13.5. The minimum Gasteiger partial charge on any atom is -0.497 e. The van der Waals surface area contributed by atoms with Crippen molar-refractivity contribution in [3.8, 4) is 22.1 Å². The summed E-state index contributed by atoms with van der Waals surface area (Å²) in [6, 6.07) is 9.81. The van der Waals surface area contributed by atoms with Crippen molar-refractivity contribution in [3.05, 3.63) is 63.6 Å². The number of ether oxygens (including phenoxy) is 2. The Bertz CT molecular complexity index is 1060. The van der Waals surface area contributed by atoms with Crippen molar-refractivity contribution in [1.82, 2.24) is 4.68 Å². The molecule has 2 heterocycles. The standard InChI is InChI=1S/C21H23N3O2S2/c1-14(2)12-22-21-24(18(13-28-21)20-7-6-10-27-20)23-15(3)17-11-16(25-4)8-9-19(17)26-5/h6-11,13H,1,12H2,2-5H3. The van der Waals surface area contributed by atoms with Crippen molar-refractivity contribution < 1.29 is 9.47 Å². The van der Waals surface area contributed by atoms with E-state index >= 15 is 0 Å². The van der Waals surface area contributed by atoms with Gasteiger partial charge in [0.05, 0.1) is 37.0 Å². The quantitative estimate of drug-likeness (QED) is 0.402. The highest BCUT2D eigenvalue weighted by Crippen LogP contribution is 2.27. The van der Waals surface area contributed by atoms with Crippen LogP contribution in [0, 0.1) is 0 Å². The average Bonchev–Trinajstić information content (AvgIpc) is 3.35. The molecule has 0 saturated heterocycles. The van der Waals surface area contributed by atoms with E-state index in [-0.39, 0.29) is 0 Å². The molecule has 0 aliphatic carbocycles. The summed E-state index contributed by atoms with van der Waals surface area (Å²) in [7, 11) is 3.30. The highest BCUT2D eigenvalue weighted by atomic mass is 32.1. The van der Waals surface area contributed by atoms with Gasteiger partial charge < -0.3 is 9.47 Å². The molecule has 3 rings (SSSR count). The maximum absolute atomic E-state index is 5.52. The molecule has 0 N–H and O–H groups in total. The maximum atomic E-state index is 5.52. The zero-order valence-corrected chi connectivity index (χ0v) is 18.1. The fourth-order valence-corrected chi connectivity index (χ4v) is 4.23. The molecule has 0 saturated carbocycles. The summed E-state index contributed by atoms with van der Waals surface area (Å²) < 4.78 is 12.8. The second-order valence-electron chi connectivity index (χ2n) is 6.22. The number of thiazole rings is 1. The first kappa shape index (κ1) is 20.1. The fourth-order valence-electron chi connectivity index (χ4n) is 2.60. The van der Waals surface area contributed by atoms with E-state index in [0.29, 0.717) is 6.54 Å². The summed E-state index contributed by atoms with van der Waals surface area (Å²) in [4.78, 5) is 6.65. The number of thiophene rings is 1. The van der Waals surface area contributed by atoms with Gasteiger partial charge in [-0.3, -0.25) is 4.99 Å². The van der Waals surface area contributed by atoms with E-state index in [9.17, 15) is 0 Å². The molecule has 0 bridgehead atoms. The van der Waals surface area contributed by atoms with Crippen LogP contribution in [0.15, 0.2) is 63.3 Å². The highest BCUT2D eigenvalue weighted by Gasteiger charge is 2.12. The van der Waals surface area contributed by atoms with Gasteiger partial charge >= 0.3 is 0 Å². The number of benzene rings is 1. The van der Waals surface area contributed by atoms with Gasteiger partial charge in [-0.1, -0.05) is 18.2 Å². The third kappa shape index (κ3) is 4.43. The molecule has 0 spiro atoms. The number of hydrogen-bond acceptors (Lipinski definition) is 6. The lowest BCUT2D eigenvalue weighted by molar-refractivity contribution is 0.402. The molecule has 0 fully saturated rings. The normalized spacial score (nSPS) is 12.3. The molecular formula is C21H23N3O2S2. The van der Waals surface area contributed by atoms with Crippen molar-refractivity contribution in [2.75, 3.05) is 20.8 Å². The third-order valence-electron chi connectivity index (χ3n) is 3.99. The molecule has 0 radical (unpaired) electrons. The Hall–Kier alpha value is -2.64. The van der Waals surface area contributed by atoms with E-state index in [0.717, 1.165) is 43.7 Å². The molecule has 0 atom stereocenters. The van der Waals surface area contributed by atoms with Crippen LogP contribution in [0.4, 0.5) is 0 Å². The third-order valence-corrected chi connectivity index (χ3v) is 5.74. The predicted molar refractivity (Wildman–Crippen MR) is 118 cm³/mol. The van der Waals surface area contributed by atoms with Gasteiger partial charge in [0.1, 0.15) is 11.5 Å². The predicted octanol–water partition coefficient (Wildman–Crippen LogP) is 5.04. The van der Waals surface area contributed by atoms with Gasteiger partial charge in [0.25, 0.3) is 0 Å². The minimum atomic E-state index is 0.571. The Morgan fingerprint density at radius 1 is 1.14 bits per heavy atom. The molecule has 0 unspecified atom stereocenters. The monoisotopic (exact) mass is 413 g/mol. The number of aromatic nitrogens is 1. The lowest BCUT2D eigenvalue weighted by Gasteiger charge is -2.11. The molecule has 146 valence electrons. The van der Waals surface area contributed by atoms with Gasteiger partial charge in [-0.2, -0.15) is 5.10 Å². The molecule has 0 aliphatic rings. The Kier molecular flexibility index (Phi) is 6.49. The Morgan fingerprint density at radius 3 is 2.61 bits per heavy atom. The van der Waals surface area contributed by atoms with Gasteiger partial charge in [0.2, 0.25) is 4.80 Å². The SMILES string of the molecule is C=C(C)CN=c1scc(-c2cccs2)n1N=C(C)c1cc(OC)ccc1OC. The van der Waals surface area contributed by atoms with E-state index in [4.69, 9.17) is 14.6 Å². The lowest BCUT2D eigenvalue weighted by atomic mass is 10.1. The van der Waals surface area contributed by atoms with Crippen molar-refractivity contribution in [2.24, 2.45) is 10.1 Å². The van der Waals surface area contributed by atoms with Crippen molar-refractivity contribution in [3.63, 3.8) is 0 Å². The topological polar surface area (TPSA) is 48.1 Å². The molecule has 0 aliphatic heterocycles. The van der Waals surface area contributed by atoms with Gasteiger partial charge in [0, 0.05) is 10.9 Å². The fraction of sp³-hybridized carbons (Fsp3) is 0.238. The summed E-state index contributed by atoms with van der Waals surface area (Å²) in [5.74, 6) is 1.50. The summed E-state index contributed by atoms with van der Waals surface area (Å²) in [5.41, 5.74) is 3.71. The van der Waals surface area contributed by atoms with Crippen LogP contribution in [0.25, 0.3) is 10.6 Å². The summed E-state index contributed by atoms with van der Waals surface area (Å²) in [6.07, 6.45) is 0. The van der Waals surface area contributed by atoms with Crippen LogP contribution in [0.5, 0.6) is 11.5 Å². The van der Waals surface area contributed by atoms with E-state index < -0.39 is 0 Å². The van der Waals surface area contributed by atoms with Crippen LogP contribution in [0.1, 0.15) is 19.4 Å². The molecule has 2 aromatic heterocycles. The minimum absolute atomic E-state index is 0.571. The van der Waals surface area contributed by atoms with Gasteiger partial charge in [-0.25, -0.2) is 4.68 Å². The largest absolute Gasteiger partial charge is 0.497 e. The van der Waals surface area contributed by atoms with Gasteiger partial charge in [-0.05, 0) is 43.5 Å². The van der Waals surface area contributed by atoms with Crippen molar-refractivity contribution in [2.45, 2.75) is 13.8 Å². The highest BCUT2D eigenvalue weighted by molar-refractivity contribution is 7.14. The number of hydrogen-bond donors (Lipinski definition) is 0. The molecule has 5 nitrogen and oxygen atoms in total. The van der Waals surface area contributed by atoms with Crippen LogP contribution < -0.4 is 14.3 Å². The van der Waals surface area contributed by atoms with Crippen molar-refractivity contribution >= 4 is 28.4 Å². The van der Waals surface area contributed by atoms with Gasteiger partial charge in [-0.15, -0.1) is 22.7 Å². The maximum Gasteiger partial charge on any atom is 0.206 e. The van der Waals surface area contributed by atoms with Crippen LogP contribution >= 0.6 is 22.7 Å². The molecule has 0 amide bonds. The summed E-state index contributed by atoms with van der Waals surface area (Å²) in [6.45, 7) is 8.45. The van der Waals surface area contributed by atoms with E-state index in [2.05, 4.69) is 28.4 Å². The molecule has 1 aromatic carbocycles. The summed E-state index contributed by atoms with van der Waals surface area (Å²) >= 11 is 3.25. The van der Waals surface area contributed by atoms with E-state index in [1.807, 2.05) is 42.8 Å². The smallest absolute Gasteiger partial charge is 0.206 e. The number of nitrogens with zero attached hydrogens (tertiary/aromatic N) is 3. The number of rotatable bonds is 7. The first-order valence-electron chi connectivity index (χ1n) is 8.70. The lowest BCUT2D eigenvalue weighted by Crippen LogP contribution is -2.15.